The molecular formula is C12H12BrFN2O4. The Morgan fingerprint density at radius 1 is 1.65 bits per heavy atom. The molecule has 1 aromatic carbocycles. The molecule has 1 unspecified atom stereocenters. The molecule has 108 valence electrons. The van der Waals surface area contributed by atoms with E-state index in [1.807, 2.05) is 0 Å². The highest BCUT2D eigenvalue weighted by Gasteiger charge is 2.33. The largest absolute Gasteiger partial charge is 0.481 e. The number of nitrogens with zero attached hydrogens (tertiary/aromatic N) is 2. The second-order valence-corrected chi connectivity index (χ2v) is 5.49. The molecular weight excluding hydrogens is 335 g/mol. The lowest BCUT2D eigenvalue weighted by Crippen LogP contribution is -2.24. The van der Waals surface area contributed by atoms with Gasteiger partial charge < -0.3 is 10.0 Å². The summed E-state index contributed by atoms with van der Waals surface area (Å²) in [6.45, 7) is 1.97. The van der Waals surface area contributed by atoms with E-state index in [2.05, 4.69) is 15.9 Å². The van der Waals surface area contributed by atoms with E-state index in [0.29, 0.717) is 13.0 Å². The van der Waals surface area contributed by atoms with E-state index in [4.69, 9.17) is 5.11 Å². The summed E-state index contributed by atoms with van der Waals surface area (Å²) < 4.78 is 13.8. The highest BCUT2D eigenvalue weighted by atomic mass is 79.9. The average molecular weight is 347 g/mol. The predicted molar refractivity (Wildman–Crippen MR) is 73.4 cm³/mol. The van der Waals surface area contributed by atoms with Gasteiger partial charge >= 0.3 is 5.97 Å². The van der Waals surface area contributed by atoms with Crippen LogP contribution < -0.4 is 4.90 Å². The van der Waals surface area contributed by atoms with Crippen LogP contribution in [-0.4, -0.2) is 29.1 Å². The SMILES string of the molecule is Cc1c(Br)c(F)cc(N2CCC(C(=O)O)C2)c1[N+](=O)[O-]. The predicted octanol–water partition coefficient (Wildman–Crippen LogP) is 2.72. The van der Waals surface area contributed by atoms with Crippen molar-refractivity contribution in [2.75, 3.05) is 18.0 Å². The molecule has 1 fully saturated rings. The van der Waals surface area contributed by atoms with Crippen molar-refractivity contribution in [2.45, 2.75) is 13.3 Å². The first-order valence-corrected chi connectivity index (χ1v) is 6.73. The molecule has 8 heteroatoms. The number of hydrogen-bond donors (Lipinski definition) is 1. The maximum Gasteiger partial charge on any atom is 0.308 e. The van der Waals surface area contributed by atoms with Gasteiger partial charge in [0, 0.05) is 24.7 Å². The number of hydrogen-bond acceptors (Lipinski definition) is 4. The summed E-state index contributed by atoms with van der Waals surface area (Å²) in [5.41, 5.74) is 0.144. The van der Waals surface area contributed by atoms with Crippen LogP contribution in [0.15, 0.2) is 10.5 Å². The smallest absolute Gasteiger partial charge is 0.308 e. The molecule has 1 N–H and O–H groups in total. The van der Waals surface area contributed by atoms with Crippen molar-refractivity contribution in [1.82, 2.24) is 0 Å². The van der Waals surface area contributed by atoms with E-state index in [1.54, 1.807) is 4.90 Å². The van der Waals surface area contributed by atoms with E-state index in [9.17, 15) is 19.3 Å². The number of carboxylic acids is 1. The molecule has 1 aliphatic rings. The lowest BCUT2D eigenvalue weighted by molar-refractivity contribution is -0.384. The van der Waals surface area contributed by atoms with Gasteiger partial charge in [0.1, 0.15) is 11.5 Å². The van der Waals surface area contributed by atoms with Gasteiger partial charge in [0.25, 0.3) is 5.69 Å². The Morgan fingerprint density at radius 3 is 2.80 bits per heavy atom. The fraction of sp³-hybridized carbons (Fsp3) is 0.417. The highest BCUT2D eigenvalue weighted by Crippen LogP contribution is 2.39. The van der Waals surface area contributed by atoms with E-state index in [-0.39, 0.29) is 28.0 Å². The van der Waals surface area contributed by atoms with Crippen LogP contribution in [0.1, 0.15) is 12.0 Å². The second-order valence-electron chi connectivity index (χ2n) is 4.69. The number of halogens is 2. The first-order chi connectivity index (χ1) is 9.32. The molecule has 2 rings (SSSR count). The van der Waals surface area contributed by atoms with Crippen LogP contribution in [-0.2, 0) is 4.79 Å². The molecule has 0 amide bonds. The first-order valence-electron chi connectivity index (χ1n) is 5.93. The van der Waals surface area contributed by atoms with Gasteiger partial charge in [-0.15, -0.1) is 0 Å². The molecule has 0 aromatic heterocycles. The fourth-order valence-corrected chi connectivity index (χ4v) is 2.68. The van der Waals surface area contributed by atoms with Crippen molar-refractivity contribution in [3.8, 4) is 0 Å². The van der Waals surface area contributed by atoms with Gasteiger partial charge in [-0.3, -0.25) is 14.9 Å². The molecule has 0 aliphatic carbocycles. The third-order valence-electron chi connectivity index (χ3n) is 3.46. The van der Waals surface area contributed by atoms with Crippen LogP contribution in [0.3, 0.4) is 0 Å². The molecule has 20 heavy (non-hydrogen) atoms. The van der Waals surface area contributed by atoms with Gasteiger partial charge in [-0.1, -0.05) is 0 Å². The Hall–Kier alpha value is -1.70. The fourth-order valence-electron chi connectivity index (χ4n) is 2.38. The normalized spacial score (nSPS) is 18.4. The molecule has 0 radical (unpaired) electrons. The molecule has 1 saturated heterocycles. The number of nitro benzene ring substituents is 1. The second kappa shape index (κ2) is 5.35. The Bertz CT molecular complexity index is 593. The van der Waals surface area contributed by atoms with Gasteiger partial charge in [0.15, 0.2) is 0 Å². The van der Waals surface area contributed by atoms with Crippen molar-refractivity contribution in [3.63, 3.8) is 0 Å². The number of benzene rings is 1. The van der Waals surface area contributed by atoms with E-state index in [1.165, 1.54) is 6.92 Å². The topological polar surface area (TPSA) is 83.7 Å². The van der Waals surface area contributed by atoms with Gasteiger partial charge in [-0.2, -0.15) is 0 Å². The zero-order valence-electron chi connectivity index (χ0n) is 10.6. The van der Waals surface area contributed by atoms with Crippen molar-refractivity contribution in [3.05, 3.63) is 32.0 Å². The summed E-state index contributed by atoms with van der Waals surface area (Å²) in [4.78, 5) is 23.1. The van der Waals surface area contributed by atoms with Gasteiger partial charge in [0.2, 0.25) is 0 Å². The lowest BCUT2D eigenvalue weighted by atomic mass is 10.1. The Kier molecular flexibility index (Phi) is 3.94. The Morgan fingerprint density at radius 2 is 2.30 bits per heavy atom. The number of nitro groups is 1. The quantitative estimate of drug-likeness (QED) is 0.671. The Labute approximate surface area is 122 Å². The summed E-state index contributed by atoms with van der Waals surface area (Å²) in [5.74, 6) is -2.12. The molecule has 0 bridgehead atoms. The molecule has 0 spiro atoms. The zero-order valence-corrected chi connectivity index (χ0v) is 12.2. The summed E-state index contributed by atoms with van der Waals surface area (Å²) in [6.07, 6.45) is 0.392. The van der Waals surface area contributed by atoms with Crippen molar-refractivity contribution < 1.29 is 19.2 Å². The molecule has 1 atom stereocenters. The number of rotatable bonds is 3. The maximum atomic E-state index is 13.8. The minimum Gasteiger partial charge on any atom is -0.481 e. The maximum absolute atomic E-state index is 13.8. The number of anilines is 1. The van der Waals surface area contributed by atoms with Crippen molar-refractivity contribution in [2.24, 2.45) is 5.92 Å². The van der Waals surface area contributed by atoms with Gasteiger partial charge in [-0.05, 0) is 29.3 Å². The third kappa shape index (κ3) is 2.47. The van der Waals surface area contributed by atoms with E-state index < -0.39 is 22.6 Å². The standard InChI is InChI=1S/C12H12BrFN2O4/c1-6-10(13)8(14)4-9(11(6)16(19)20)15-3-2-7(5-15)12(17)18/h4,7H,2-3,5H2,1H3,(H,17,18). The van der Waals surface area contributed by atoms with E-state index >= 15 is 0 Å². The van der Waals surface area contributed by atoms with Crippen molar-refractivity contribution in [1.29, 1.82) is 0 Å². The molecule has 6 nitrogen and oxygen atoms in total. The number of carboxylic acid groups (broad SMARTS) is 1. The third-order valence-corrected chi connectivity index (χ3v) is 4.43. The van der Waals surface area contributed by atoms with Crippen LogP contribution in [0.25, 0.3) is 0 Å². The summed E-state index contributed by atoms with van der Waals surface area (Å²) >= 11 is 2.98. The van der Waals surface area contributed by atoms with Gasteiger partial charge in [0.05, 0.1) is 15.3 Å². The monoisotopic (exact) mass is 346 g/mol. The zero-order chi connectivity index (χ0) is 15.0. The first kappa shape index (κ1) is 14.7. The van der Waals surface area contributed by atoms with Crippen LogP contribution in [0.4, 0.5) is 15.8 Å². The highest BCUT2D eigenvalue weighted by molar-refractivity contribution is 9.10. The van der Waals surface area contributed by atoms with Crippen LogP contribution in [0.2, 0.25) is 0 Å². The number of carbonyl (C=O) groups is 1. The molecule has 1 aromatic rings. The Balaban J connectivity index is 2.47. The number of aliphatic carboxylic acids is 1. The van der Waals surface area contributed by atoms with Crippen molar-refractivity contribution >= 4 is 33.3 Å². The summed E-state index contributed by atoms with van der Waals surface area (Å²) in [6, 6.07) is 1.08. The minimum absolute atomic E-state index is 0.0573. The summed E-state index contributed by atoms with van der Waals surface area (Å²) in [5, 5.41) is 20.2. The molecule has 1 heterocycles. The molecule has 0 saturated carbocycles. The summed E-state index contributed by atoms with van der Waals surface area (Å²) in [7, 11) is 0. The van der Waals surface area contributed by atoms with Gasteiger partial charge in [-0.25, -0.2) is 4.39 Å². The minimum atomic E-state index is -0.940. The van der Waals surface area contributed by atoms with Crippen LogP contribution in [0, 0.1) is 28.8 Å². The average Bonchev–Trinajstić information content (AvgIpc) is 2.84. The molecule has 1 aliphatic heterocycles. The lowest BCUT2D eigenvalue weighted by Gasteiger charge is -2.19. The van der Waals surface area contributed by atoms with Crippen LogP contribution in [0.5, 0.6) is 0 Å². The van der Waals surface area contributed by atoms with Crippen LogP contribution >= 0.6 is 15.9 Å². The van der Waals surface area contributed by atoms with E-state index in [0.717, 1.165) is 6.07 Å².